The van der Waals surface area contributed by atoms with Crippen LogP contribution in [0.25, 0.3) is 10.8 Å². The summed E-state index contributed by atoms with van der Waals surface area (Å²) in [5, 5.41) is 5.15. The Balaban J connectivity index is 1.96. The van der Waals surface area contributed by atoms with Gasteiger partial charge in [0.05, 0.1) is 0 Å². The van der Waals surface area contributed by atoms with Crippen molar-refractivity contribution in [3.05, 3.63) is 42.5 Å². The maximum atomic E-state index is 11.6. The van der Waals surface area contributed by atoms with Gasteiger partial charge in [-0.3, -0.25) is 4.79 Å². The molecule has 100 valence electrons. The van der Waals surface area contributed by atoms with E-state index in [0.29, 0.717) is 0 Å². The second-order valence-corrected chi connectivity index (χ2v) is 4.67. The van der Waals surface area contributed by atoms with E-state index in [9.17, 15) is 4.79 Å². The Morgan fingerprint density at radius 2 is 1.95 bits per heavy atom. The molecule has 0 saturated carbocycles. The average Bonchev–Trinajstić information content (AvgIpc) is 2.44. The molecule has 0 spiro atoms. The Morgan fingerprint density at radius 3 is 2.68 bits per heavy atom. The first-order valence-corrected chi connectivity index (χ1v) is 6.60. The number of benzene rings is 2. The van der Waals surface area contributed by atoms with E-state index in [2.05, 4.69) is 11.4 Å². The van der Waals surface area contributed by atoms with Gasteiger partial charge < -0.3 is 10.1 Å². The summed E-state index contributed by atoms with van der Waals surface area (Å²) in [5.41, 5.74) is 0. The molecular weight excluding hydrogens is 238 g/mol. The highest BCUT2D eigenvalue weighted by atomic mass is 16.5. The van der Waals surface area contributed by atoms with Gasteiger partial charge in [0.1, 0.15) is 5.75 Å². The molecule has 3 nitrogen and oxygen atoms in total. The summed E-state index contributed by atoms with van der Waals surface area (Å²) >= 11 is 0. The molecule has 0 aliphatic heterocycles. The van der Waals surface area contributed by atoms with Gasteiger partial charge in [-0.25, -0.2) is 0 Å². The summed E-state index contributed by atoms with van der Waals surface area (Å²) in [6, 6.07) is 14.1. The van der Waals surface area contributed by atoms with E-state index in [1.807, 2.05) is 50.2 Å². The van der Waals surface area contributed by atoms with Crippen LogP contribution >= 0.6 is 0 Å². The van der Waals surface area contributed by atoms with Crippen molar-refractivity contribution < 1.29 is 9.53 Å². The SMILES string of the molecule is CCC(C)NC(=O)COc1ccc2ccccc2c1. The average molecular weight is 257 g/mol. The molecule has 0 aliphatic rings. The fourth-order valence-corrected chi connectivity index (χ4v) is 1.82. The van der Waals surface area contributed by atoms with Gasteiger partial charge in [0.15, 0.2) is 6.61 Å². The maximum Gasteiger partial charge on any atom is 0.258 e. The third-order valence-corrected chi connectivity index (χ3v) is 3.11. The van der Waals surface area contributed by atoms with Gasteiger partial charge in [-0.1, -0.05) is 37.3 Å². The quantitative estimate of drug-likeness (QED) is 0.893. The van der Waals surface area contributed by atoms with E-state index in [4.69, 9.17) is 4.74 Å². The molecule has 0 fully saturated rings. The van der Waals surface area contributed by atoms with Crippen molar-refractivity contribution in [3.8, 4) is 5.75 Å². The molecule has 2 rings (SSSR count). The van der Waals surface area contributed by atoms with E-state index >= 15 is 0 Å². The molecule has 0 aliphatic carbocycles. The molecule has 2 aromatic rings. The zero-order chi connectivity index (χ0) is 13.7. The summed E-state index contributed by atoms with van der Waals surface area (Å²) < 4.78 is 5.51. The lowest BCUT2D eigenvalue weighted by Gasteiger charge is -2.12. The third-order valence-electron chi connectivity index (χ3n) is 3.11. The number of rotatable bonds is 5. The molecule has 3 heteroatoms. The van der Waals surface area contributed by atoms with Gasteiger partial charge in [-0.2, -0.15) is 0 Å². The minimum atomic E-state index is -0.0810. The normalized spacial score (nSPS) is 12.1. The summed E-state index contributed by atoms with van der Waals surface area (Å²) in [6.45, 7) is 4.08. The number of fused-ring (bicyclic) bond motifs is 1. The number of carbonyl (C=O) groups is 1. The van der Waals surface area contributed by atoms with Crippen LogP contribution < -0.4 is 10.1 Å². The first-order chi connectivity index (χ1) is 9.19. The first kappa shape index (κ1) is 13.4. The van der Waals surface area contributed by atoms with Crippen LogP contribution in [0, 0.1) is 0 Å². The van der Waals surface area contributed by atoms with Gasteiger partial charge in [0, 0.05) is 6.04 Å². The van der Waals surface area contributed by atoms with Crippen molar-refractivity contribution in [1.29, 1.82) is 0 Å². The predicted octanol–water partition coefficient (Wildman–Crippen LogP) is 3.13. The van der Waals surface area contributed by atoms with Crippen LogP contribution in [-0.4, -0.2) is 18.6 Å². The number of hydrogen-bond acceptors (Lipinski definition) is 2. The van der Waals surface area contributed by atoms with E-state index in [0.717, 1.165) is 17.6 Å². The summed E-state index contributed by atoms with van der Waals surface area (Å²) in [6.07, 6.45) is 0.918. The molecule has 0 radical (unpaired) electrons. The number of amides is 1. The Hall–Kier alpha value is -2.03. The van der Waals surface area contributed by atoms with Crippen molar-refractivity contribution in [3.63, 3.8) is 0 Å². The maximum absolute atomic E-state index is 11.6. The van der Waals surface area contributed by atoms with Crippen molar-refractivity contribution >= 4 is 16.7 Å². The van der Waals surface area contributed by atoms with Crippen molar-refractivity contribution in [1.82, 2.24) is 5.32 Å². The second kappa shape index (κ2) is 6.23. The summed E-state index contributed by atoms with van der Waals surface area (Å²) in [5.74, 6) is 0.639. The molecule has 1 unspecified atom stereocenters. The third kappa shape index (κ3) is 3.71. The van der Waals surface area contributed by atoms with Gasteiger partial charge in [-0.05, 0) is 36.2 Å². The lowest BCUT2D eigenvalue weighted by atomic mass is 10.1. The van der Waals surface area contributed by atoms with Crippen molar-refractivity contribution in [2.45, 2.75) is 26.3 Å². The highest BCUT2D eigenvalue weighted by Crippen LogP contribution is 2.20. The largest absolute Gasteiger partial charge is 0.484 e. The molecule has 0 saturated heterocycles. The standard InChI is InChI=1S/C16H19NO2/c1-3-12(2)17-16(18)11-19-15-9-8-13-6-4-5-7-14(13)10-15/h4-10,12H,3,11H2,1-2H3,(H,17,18). The van der Waals surface area contributed by atoms with E-state index in [1.54, 1.807) is 0 Å². The molecule has 1 atom stereocenters. The second-order valence-electron chi connectivity index (χ2n) is 4.67. The van der Waals surface area contributed by atoms with Crippen LogP contribution in [0.4, 0.5) is 0 Å². The monoisotopic (exact) mass is 257 g/mol. The highest BCUT2D eigenvalue weighted by molar-refractivity contribution is 5.84. The molecule has 2 aromatic carbocycles. The topological polar surface area (TPSA) is 38.3 Å². The Labute approximate surface area is 113 Å². The van der Waals surface area contributed by atoms with E-state index < -0.39 is 0 Å². The van der Waals surface area contributed by atoms with Crippen LogP contribution in [0.15, 0.2) is 42.5 Å². The van der Waals surface area contributed by atoms with E-state index in [-0.39, 0.29) is 18.6 Å². The lowest BCUT2D eigenvalue weighted by Crippen LogP contribution is -2.35. The van der Waals surface area contributed by atoms with Gasteiger partial charge >= 0.3 is 0 Å². The molecular formula is C16H19NO2. The fourth-order valence-electron chi connectivity index (χ4n) is 1.82. The molecule has 1 N–H and O–H groups in total. The lowest BCUT2D eigenvalue weighted by molar-refractivity contribution is -0.123. The molecule has 0 aromatic heterocycles. The zero-order valence-electron chi connectivity index (χ0n) is 11.3. The minimum Gasteiger partial charge on any atom is -0.484 e. The minimum absolute atomic E-state index is 0.0582. The fraction of sp³-hybridized carbons (Fsp3) is 0.312. The Morgan fingerprint density at radius 1 is 1.21 bits per heavy atom. The van der Waals surface area contributed by atoms with Crippen LogP contribution in [0.5, 0.6) is 5.75 Å². The van der Waals surface area contributed by atoms with Gasteiger partial charge in [0.2, 0.25) is 0 Å². The van der Waals surface area contributed by atoms with Crippen molar-refractivity contribution in [2.24, 2.45) is 0 Å². The van der Waals surface area contributed by atoms with Crippen molar-refractivity contribution in [2.75, 3.05) is 6.61 Å². The number of ether oxygens (including phenoxy) is 1. The van der Waals surface area contributed by atoms with E-state index in [1.165, 1.54) is 5.39 Å². The van der Waals surface area contributed by atoms with Crippen LogP contribution in [0.2, 0.25) is 0 Å². The Bertz CT molecular complexity index is 565. The van der Waals surface area contributed by atoms with Gasteiger partial charge in [0.25, 0.3) is 5.91 Å². The first-order valence-electron chi connectivity index (χ1n) is 6.60. The van der Waals surface area contributed by atoms with Crippen LogP contribution in [0.3, 0.4) is 0 Å². The van der Waals surface area contributed by atoms with Crippen LogP contribution in [-0.2, 0) is 4.79 Å². The van der Waals surface area contributed by atoms with Gasteiger partial charge in [-0.15, -0.1) is 0 Å². The molecule has 0 bridgehead atoms. The zero-order valence-corrected chi connectivity index (χ0v) is 11.3. The Kier molecular flexibility index (Phi) is 4.39. The highest BCUT2D eigenvalue weighted by Gasteiger charge is 2.06. The van der Waals surface area contributed by atoms with Crippen LogP contribution in [0.1, 0.15) is 20.3 Å². The molecule has 1 amide bonds. The number of nitrogens with one attached hydrogen (secondary N) is 1. The number of hydrogen-bond donors (Lipinski definition) is 1. The molecule has 0 heterocycles. The number of carbonyl (C=O) groups excluding carboxylic acids is 1. The molecule has 19 heavy (non-hydrogen) atoms. The predicted molar refractivity (Wildman–Crippen MR) is 77.3 cm³/mol. The summed E-state index contributed by atoms with van der Waals surface area (Å²) in [4.78, 5) is 11.6. The summed E-state index contributed by atoms with van der Waals surface area (Å²) in [7, 11) is 0. The smallest absolute Gasteiger partial charge is 0.258 e.